The maximum atomic E-state index is 4.81. The zero-order valence-corrected chi connectivity index (χ0v) is 36.1. The third kappa shape index (κ3) is 14.9. The van der Waals surface area contributed by atoms with Crippen LogP contribution in [0.5, 0.6) is 0 Å². The van der Waals surface area contributed by atoms with E-state index in [1.165, 1.54) is 44.5 Å². The van der Waals surface area contributed by atoms with E-state index in [0.717, 1.165) is 52.4 Å². The van der Waals surface area contributed by atoms with Gasteiger partial charge in [-0.25, -0.2) is 0 Å². The first-order valence-electron chi connectivity index (χ1n) is 19.1. The van der Waals surface area contributed by atoms with E-state index in [9.17, 15) is 0 Å². The molecule has 7 heteroatoms. The molecular weight excluding hydrogens is 786 g/mol. The average molecular weight is 846 g/mol. The summed E-state index contributed by atoms with van der Waals surface area (Å²) in [5.41, 5.74) is 11.1. The van der Waals surface area contributed by atoms with Crippen molar-refractivity contribution in [3.8, 4) is 0 Å². The SMILES string of the molecule is CC(C)c1ccc(CN2[C]N(Cc3ccc(C(C)C)cc3)CC2)cc1.CC(C)c1ccc(CN2[C]N(Cc3ccc(C(C)C)cc3)CC2)cc1.[Cl][Pd][Cl]. The number of hydrogen-bond acceptors (Lipinski definition) is 4. The summed E-state index contributed by atoms with van der Waals surface area (Å²) in [5.74, 6) is 2.38. The normalized spacial score (nSPS) is 15.7. The molecule has 2 saturated heterocycles. The average Bonchev–Trinajstić information content (AvgIpc) is 3.78. The first kappa shape index (κ1) is 43.7. The molecule has 0 N–H and O–H groups in total. The molecule has 288 valence electrons. The summed E-state index contributed by atoms with van der Waals surface area (Å²) in [6.07, 6.45) is 0. The minimum atomic E-state index is -0.106. The molecule has 0 bridgehead atoms. The fourth-order valence-electron chi connectivity index (χ4n) is 6.45. The second kappa shape index (κ2) is 22.5. The minimum absolute atomic E-state index is 0.106. The third-order valence-corrected chi connectivity index (χ3v) is 9.92. The van der Waals surface area contributed by atoms with Gasteiger partial charge in [0.2, 0.25) is 0 Å². The van der Waals surface area contributed by atoms with Crippen LogP contribution < -0.4 is 0 Å². The van der Waals surface area contributed by atoms with Crippen molar-refractivity contribution in [2.24, 2.45) is 0 Å². The molecule has 6 rings (SSSR count). The fourth-order valence-corrected chi connectivity index (χ4v) is 6.45. The van der Waals surface area contributed by atoms with Crippen molar-refractivity contribution in [3.05, 3.63) is 155 Å². The van der Waals surface area contributed by atoms with E-state index in [0.29, 0.717) is 23.7 Å². The molecule has 2 aliphatic heterocycles. The van der Waals surface area contributed by atoms with Crippen LogP contribution in [0, 0.1) is 13.3 Å². The van der Waals surface area contributed by atoms with Crippen molar-refractivity contribution < 1.29 is 15.9 Å². The molecule has 0 atom stereocenters. The Hall–Kier alpha value is -2.04. The Morgan fingerprint density at radius 3 is 0.717 bits per heavy atom. The molecule has 4 nitrogen and oxygen atoms in total. The van der Waals surface area contributed by atoms with E-state index in [-0.39, 0.29) is 15.9 Å². The molecular formula is C46H60Cl2N4Pd. The molecule has 2 aliphatic rings. The van der Waals surface area contributed by atoms with Crippen molar-refractivity contribution in [2.45, 2.75) is 105 Å². The Labute approximate surface area is 339 Å². The van der Waals surface area contributed by atoms with Crippen molar-refractivity contribution >= 4 is 19.1 Å². The topological polar surface area (TPSA) is 13.0 Å². The molecule has 4 aromatic rings. The molecule has 2 heterocycles. The Balaban J connectivity index is 0.000000220. The Morgan fingerprint density at radius 2 is 0.566 bits per heavy atom. The van der Waals surface area contributed by atoms with Gasteiger partial charge in [-0.1, -0.05) is 152 Å². The van der Waals surface area contributed by atoms with Gasteiger partial charge < -0.3 is 0 Å². The number of halogens is 2. The maximum absolute atomic E-state index is 4.81. The number of rotatable bonds is 12. The molecule has 0 unspecified atom stereocenters. The number of hydrogen-bond donors (Lipinski definition) is 0. The Bertz CT molecular complexity index is 1350. The van der Waals surface area contributed by atoms with Crippen LogP contribution in [0.3, 0.4) is 0 Å². The van der Waals surface area contributed by atoms with Gasteiger partial charge in [-0.3, -0.25) is 19.6 Å². The predicted octanol–water partition coefficient (Wildman–Crippen LogP) is 11.9. The Morgan fingerprint density at radius 1 is 0.396 bits per heavy atom. The second-order valence-corrected chi connectivity index (χ2v) is 17.9. The summed E-state index contributed by atoms with van der Waals surface area (Å²) in [4.78, 5) is 9.19. The molecule has 0 saturated carbocycles. The van der Waals surface area contributed by atoms with Crippen LogP contribution in [0.25, 0.3) is 0 Å². The monoisotopic (exact) mass is 844 g/mol. The number of benzene rings is 4. The number of nitrogens with zero attached hydrogens (tertiary/aromatic N) is 4. The van der Waals surface area contributed by atoms with Gasteiger partial charge in [0, 0.05) is 52.4 Å². The van der Waals surface area contributed by atoms with Crippen LogP contribution in [0.15, 0.2) is 97.1 Å². The van der Waals surface area contributed by atoms with Crippen LogP contribution in [-0.2, 0) is 42.1 Å². The van der Waals surface area contributed by atoms with E-state index < -0.39 is 0 Å². The van der Waals surface area contributed by atoms with Crippen LogP contribution in [0.2, 0.25) is 0 Å². The van der Waals surface area contributed by atoms with Crippen molar-refractivity contribution in [3.63, 3.8) is 0 Å². The first-order chi connectivity index (χ1) is 25.4. The molecule has 0 aromatic heterocycles. The van der Waals surface area contributed by atoms with Crippen molar-refractivity contribution in [2.75, 3.05) is 26.2 Å². The van der Waals surface area contributed by atoms with Gasteiger partial charge >= 0.3 is 35.0 Å². The second-order valence-electron chi connectivity index (χ2n) is 15.5. The zero-order chi connectivity index (χ0) is 38.3. The van der Waals surface area contributed by atoms with Gasteiger partial charge in [0.25, 0.3) is 0 Å². The summed E-state index contributed by atoms with van der Waals surface area (Å²) >= 11 is -0.106. The molecule has 4 radical (unpaired) electrons. The van der Waals surface area contributed by atoms with Gasteiger partial charge in [0.15, 0.2) is 0 Å². The van der Waals surface area contributed by atoms with E-state index in [1.54, 1.807) is 0 Å². The van der Waals surface area contributed by atoms with Gasteiger partial charge in [-0.15, -0.1) is 0 Å². The van der Waals surface area contributed by atoms with Crippen LogP contribution in [0.4, 0.5) is 0 Å². The predicted molar refractivity (Wildman–Crippen MR) is 222 cm³/mol. The van der Waals surface area contributed by atoms with Crippen LogP contribution in [-0.4, -0.2) is 45.8 Å². The molecule has 0 amide bonds. The van der Waals surface area contributed by atoms with Crippen molar-refractivity contribution in [1.29, 1.82) is 0 Å². The summed E-state index contributed by atoms with van der Waals surface area (Å²) in [7, 11) is 9.63. The molecule has 53 heavy (non-hydrogen) atoms. The standard InChI is InChI=1S/2C23H30N2.2ClH.Pd/c2*1-18(2)22-9-5-20(6-10-22)15-24-13-14-25(17-24)16-21-7-11-23(12-8-21)19(3)4;;;/h2*5-12,18-19H,13-16H2,1-4H3;2*1H;/q;;;;+2/p-2. The zero-order valence-electron chi connectivity index (χ0n) is 33.1. The van der Waals surface area contributed by atoms with Gasteiger partial charge in [0.05, 0.1) is 0 Å². The van der Waals surface area contributed by atoms with E-state index in [1.807, 2.05) is 0 Å². The van der Waals surface area contributed by atoms with Gasteiger partial charge in [0.1, 0.15) is 13.3 Å². The van der Waals surface area contributed by atoms with E-state index in [4.69, 9.17) is 19.1 Å². The quantitative estimate of drug-likeness (QED) is 0.132. The van der Waals surface area contributed by atoms with Crippen LogP contribution in [0.1, 0.15) is 124 Å². The van der Waals surface area contributed by atoms with E-state index in [2.05, 4.69) is 185 Å². The van der Waals surface area contributed by atoms with Gasteiger partial charge in [-0.05, 0) is 68.2 Å². The Kier molecular flexibility index (Phi) is 18.5. The molecule has 0 aliphatic carbocycles. The molecule has 2 fully saturated rings. The van der Waals surface area contributed by atoms with E-state index >= 15 is 0 Å². The van der Waals surface area contributed by atoms with Crippen LogP contribution >= 0.6 is 19.1 Å². The fraction of sp³-hybridized carbons (Fsp3) is 0.435. The first-order valence-corrected chi connectivity index (χ1v) is 23.1. The summed E-state index contributed by atoms with van der Waals surface area (Å²) in [6, 6.07) is 36.1. The summed E-state index contributed by atoms with van der Waals surface area (Å²) in [6.45, 7) is 33.0. The molecule has 0 spiro atoms. The molecule has 4 aromatic carbocycles. The van der Waals surface area contributed by atoms with Gasteiger partial charge in [-0.2, -0.15) is 0 Å². The summed E-state index contributed by atoms with van der Waals surface area (Å²) < 4.78 is 0. The van der Waals surface area contributed by atoms with Crippen molar-refractivity contribution in [1.82, 2.24) is 19.6 Å². The summed E-state index contributed by atoms with van der Waals surface area (Å²) in [5, 5.41) is 0. The third-order valence-electron chi connectivity index (χ3n) is 9.92.